The molecule has 0 bridgehead atoms. The summed E-state index contributed by atoms with van der Waals surface area (Å²) in [5.41, 5.74) is 0.698. The molecular formula is C20H18O5. The lowest BCUT2D eigenvalue weighted by atomic mass is 9.96. The molecule has 0 aliphatic rings. The van der Waals surface area contributed by atoms with Gasteiger partial charge in [0.15, 0.2) is 0 Å². The van der Waals surface area contributed by atoms with Crippen molar-refractivity contribution in [2.45, 2.75) is 12.3 Å². The van der Waals surface area contributed by atoms with Gasteiger partial charge in [0.1, 0.15) is 18.1 Å². The molecule has 0 spiro atoms. The molecule has 0 N–H and O–H groups in total. The molecule has 0 aromatic heterocycles. The number of carbonyl (C=O) groups excluding carboxylic acids is 2. The van der Waals surface area contributed by atoms with E-state index in [1.807, 2.05) is 6.07 Å². The number of rotatable bonds is 7. The van der Waals surface area contributed by atoms with Gasteiger partial charge in [0.2, 0.25) is 0 Å². The summed E-state index contributed by atoms with van der Waals surface area (Å²) in [4.78, 5) is 24.2. The normalized spacial score (nSPS) is 11.0. The summed E-state index contributed by atoms with van der Waals surface area (Å²) in [5, 5.41) is 0. The minimum absolute atomic E-state index is 0.119. The predicted molar refractivity (Wildman–Crippen MR) is 92.2 cm³/mol. The van der Waals surface area contributed by atoms with E-state index in [4.69, 9.17) is 20.6 Å². The van der Waals surface area contributed by atoms with Crippen LogP contribution in [0.5, 0.6) is 11.5 Å². The summed E-state index contributed by atoms with van der Waals surface area (Å²) in [6.45, 7) is 0.164. The maximum Gasteiger partial charge on any atom is 0.313 e. The molecule has 2 aromatic carbocycles. The predicted octanol–water partition coefficient (Wildman–Crippen LogP) is 2.95. The minimum Gasteiger partial charge on any atom is -0.481 e. The molecule has 0 aliphatic carbocycles. The highest BCUT2D eigenvalue weighted by molar-refractivity contribution is 5.85. The highest BCUT2D eigenvalue weighted by Gasteiger charge is 2.25. The standard InChI is InChI=1S/C20H18O5/c1-3-13-24-16-9-11-17(12-10-16)25-19(21)14-18(20(22)23-2)15-7-5-4-6-8-15/h1,4-12,18H,13-14H2,2H3. The molecule has 1 unspecified atom stereocenters. The third-order valence-electron chi connectivity index (χ3n) is 3.44. The van der Waals surface area contributed by atoms with Gasteiger partial charge < -0.3 is 14.2 Å². The van der Waals surface area contributed by atoms with Gasteiger partial charge in [-0.05, 0) is 29.8 Å². The van der Waals surface area contributed by atoms with E-state index in [9.17, 15) is 9.59 Å². The van der Waals surface area contributed by atoms with Crippen molar-refractivity contribution in [3.05, 3.63) is 60.2 Å². The van der Waals surface area contributed by atoms with Crippen LogP contribution in [0.15, 0.2) is 54.6 Å². The monoisotopic (exact) mass is 338 g/mol. The number of esters is 2. The van der Waals surface area contributed by atoms with E-state index >= 15 is 0 Å². The van der Waals surface area contributed by atoms with E-state index in [0.717, 1.165) is 0 Å². The lowest BCUT2D eigenvalue weighted by molar-refractivity contribution is -0.146. The van der Waals surface area contributed by atoms with Gasteiger partial charge in [-0.3, -0.25) is 9.59 Å². The van der Waals surface area contributed by atoms with Crippen LogP contribution in [-0.4, -0.2) is 25.7 Å². The molecule has 0 fully saturated rings. The Bertz CT molecular complexity index is 744. The number of terminal acetylenes is 1. The molecule has 0 heterocycles. The molecule has 0 radical (unpaired) electrons. The van der Waals surface area contributed by atoms with Gasteiger partial charge >= 0.3 is 11.9 Å². The Morgan fingerprint density at radius 3 is 2.28 bits per heavy atom. The van der Waals surface area contributed by atoms with Crippen molar-refractivity contribution in [1.29, 1.82) is 0 Å². The molecule has 0 aliphatic heterocycles. The first-order valence-corrected chi connectivity index (χ1v) is 7.64. The Morgan fingerprint density at radius 1 is 1.04 bits per heavy atom. The smallest absolute Gasteiger partial charge is 0.313 e. The zero-order chi connectivity index (χ0) is 18.1. The zero-order valence-electron chi connectivity index (χ0n) is 13.8. The van der Waals surface area contributed by atoms with Crippen LogP contribution in [0, 0.1) is 12.3 Å². The zero-order valence-corrected chi connectivity index (χ0v) is 13.8. The highest BCUT2D eigenvalue weighted by atomic mass is 16.5. The molecule has 25 heavy (non-hydrogen) atoms. The van der Waals surface area contributed by atoms with E-state index in [0.29, 0.717) is 17.1 Å². The van der Waals surface area contributed by atoms with Crippen LogP contribution in [-0.2, 0) is 14.3 Å². The molecule has 5 heteroatoms. The van der Waals surface area contributed by atoms with Gasteiger partial charge in [0, 0.05) is 0 Å². The van der Waals surface area contributed by atoms with Crippen LogP contribution in [0.3, 0.4) is 0 Å². The van der Waals surface area contributed by atoms with Gasteiger partial charge in [-0.15, -0.1) is 6.42 Å². The fourth-order valence-corrected chi connectivity index (χ4v) is 2.23. The Hall–Kier alpha value is -3.26. The minimum atomic E-state index is -0.711. The molecule has 2 aromatic rings. The third-order valence-corrected chi connectivity index (χ3v) is 3.44. The van der Waals surface area contributed by atoms with E-state index in [1.54, 1.807) is 48.5 Å². The summed E-state index contributed by atoms with van der Waals surface area (Å²) >= 11 is 0. The summed E-state index contributed by atoms with van der Waals surface area (Å²) in [6.07, 6.45) is 5.00. The summed E-state index contributed by atoms with van der Waals surface area (Å²) in [6, 6.07) is 15.5. The van der Waals surface area contributed by atoms with Crippen molar-refractivity contribution in [3.63, 3.8) is 0 Å². The van der Waals surface area contributed by atoms with Crippen LogP contribution in [0.2, 0.25) is 0 Å². The lowest BCUT2D eigenvalue weighted by Crippen LogP contribution is -2.20. The largest absolute Gasteiger partial charge is 0.481 e. The third kappa shape index (κ3) is 5.40. The molecule has 0 saturated heterocycles. The number of hydrogen-bond acceptors (Lipinski definition) is 5. The quantitative estimate of drug-likeness (QED) is 0.441. The second-order valence-electron chi connectivity index (χ2n) is 5.13. The topological polar surface area (TPSA) is 61.8 Å². The Labute approximate surface area is 146 Å². The van der Waals surface area contributed by atoms with Crippen molar-refractivity contribution < 1.29 is 23.8 Å². The molecular weight excluding hydrogens is 320 g/mol. The molecule has 0 saturated carbocycles. The molecule has 0 amide bonds. The first kappa shape index (κ1) is 18.1. The Morgan fingerprint density at radius 2 is 1.68 bits per heavy atom. The van der Waals surface area contributed by atoms with Crippen molar-refractivity contribution >= 4 is 11.9 Å². The van der Waals surface area contributed by atoms with Crippen molar-refractivity contribution in [2.24, 2.45) is 0 Å². The van der Waals surface area contributed by atoms with Crippen molar-refractivity contribution in [1.82, 2.24) is 0 Å². The van der Waals surface area contributed by atoms with E-state index in [-0.39, 0.29) is 13.0 Å². The highest BCUT2D eigenvalue weighted by Crippen LogP contribution is 2.23. The maximum absolute atomic E-state index is 12.2. The first-order chi connectivity index (χ1) is 12.1. The fourth-order valence-electron chi connectivity index (χ4n) is 2.23. The van der Waals surface area contributed by atoms with Gasteiger partial charge in [-0.25, -0.2) is 0 Å². The number of ether oxygens (including phenoxy) is 3. The lowest BCUT2D eigenvalue weighted by Gasteiger charge is -2.14. The fraction of sp³-hybridized carbons (Fsp3) is 0.200. The summed E-state index contributed by atoms with van der Waals surface area (Å²) in [7, 11) is 1.29. The Kier molecular flexibility index (Phi) is 6.61. The van der Waals surface area contributed by atoms with Crippen LogP contribution < -0.4 is 9.47 Å². The first-order valence-electron chi connectivity index (χ1n) is 7.64. The molecule has 5 nitrogen and oxygen atoms in total. The van der Waals surface area contributed by atoms with Gasteiger partial charge in [-0.1, -0.05) is 36.3 Å². The number of benzene rings is 2. The summed E-state index contributed by atoms with van der Waals surface area (Å²) < 4.78 is 15.3. The van der Waals surface area contributed by atoms with Crippen LogP contribution in [0.25, 0.3) is 0 Å². The van der Waals surface area contributed by atoms with Crippen molar-refractivity contribution in [2.75, 3.05) is 13.7 Å². The Balaban J connectivity index is 2.01. The molecule has 1 atom stereocenters. The second-order valence-corrected chi connectivity index (χ2v) is 5.13. The van der Waals surface area contributed by atoms with E-state index in [2.05, 4.69) is 5.92 Å². The molecule has 128 valence electrons. The maximum atomic E-state index is 12.2. The molecule has 2 rings (SSSR count). The summed E-state index contributed by atoms with van der Waals surface area (Å²) in [5.74, 6) is 1.57. The van der Waals surface area contributed by atoms with Crippen LogP contribution >= 0.6 is 0 Å². The van der Waals surface area contributed by atoms with Crippen molar-refractivity contribution in [3.8, 4) is 23.8 Å². The van der Waals surface area contributed by atoms with Gasteiger partial charge in [-0.2, -0.15) is 0 Å². The SMILES string of the molecule is C#CCOc1ccc(OC(=O)CC(C(=O)OC)c2ccccc2)cc1. The number of hydrogen-bond donors (Lipinski definition) is 0. The van der Waals surface area contributed by atoms with Crippen LogP contribution in [0.4, 0.5) is 0 Å². The van der Waals surface area contributed by atoms with Gasteiger partial charge in [0.05, 0.1) is 19.4 Å². The average molecular weight is 338 g/mol. The van der Waals surface area contributed by atoms with Crippen LogP contribution in [0.1, 0.15) is 17.9 Å². The number of methoxy groups -OCH3 is 1. The average Bonchev–Trinajstić information content (AvgIpc) is 2.65. The van der Waals surface area contributed by atoms with E-state index in [1.165, 1.54) is 7.11 Å². The second kappa shape index (κ2) is 9.14. The van der Waals surface area contributed by atoms with Gasteiger partial charge in [0.25, 0.3) is 0 Å². The number of carbonyl (C=O) groups is 2. The van der Waals surface area contributed by atoms with E-state index < -0.39 is 17.9 Å².